The maximum absolute atomic E-state index is 11.1. The van der Waals surface area contributed by atoms with Crippen molar-refractivity contribution in [3.8, 4) is 0 Å². The number of nitrogens with zero attached hydrogens (tertiary/aromatic N) is 3. The van der Waals surface area contributed by atoms with Crippen LogP contribution in [0.25, 0.3) is 0 Å². The summed E-state index contributed by atoms with van der Waals surface area (Å²) in [7, 11) is 1.29. The highest BCUT2D eigenvalue weighted by molar-refractivity contribution is 5.86. The third-order valence-corrected chi connectivity index (χ3v) is 2.18. The van der Waals surface area contributed by atoms with Crippen molar-refractivity contribution in [3.63, 3.8) is 0 Å². The molecule has 94 valence electrons. The Bertz CT molecular complexity index is 535. The van der Waals surface area contributed by atoms with Gasteiger partial charge in [0, 0.05) is 6.07 Å². The standard InChI is InChI=1S/C11H12N4O3/c1-7-5-8(18-15-7)6-12-10-4-3-9(13-14-10)11(16)17-2/h3-5H,6H2,1-2H3,(H,12,14). The summed E-state index contributed by atoms with van der Waals surface area (Å²) in [6, 6.07) is 5.00. The molecule has 7 heteroatoms. The van der Waals surface area contributed by atoms with E-state index in [4.69, 9.17) is 4.52 Å². The van der Waals surface area contributed by atoms with Crippen LogP contribution < -0.4 is 5.32 Å². The van der Waals surface area contributed by atoms with Crippen LogP contribution in [0.4, 0.5) is 5.82 Å². The van der Waals surface area contributed by atoms with Gasteiger partial charge in [-0.3, -0.25) is 0 Å². The SMILES string of the molecule is COC(=O)c1ccc(NCc2cc(C)no2)nn1. The Morgan fingerprint density at radius 2 is 2.28 bits per heavy atom. The van der Waals surface area contributed by atoms with Crippen LogP contribution in [0, 0.1) is 6.92 Å². The lowest BCUT2D eigenvalue weighted by Gasteiger charge is -2.02. The van der Waals surface area contributed by atoms with Crippen molar-refractivity contribution in [2.24, 2.45) is 0 Å². The minimum atomic E-state index is -0.514. The Morgan fingerprint density at radius 3 is 2.83 bits per heavy atom. The number of aryl methyl sites for hydroxylation is 1. The Kier molecular flexibility index (Phi) is 3.52. The minimum absolute atomic E-state index is 0.165. The van der Waals surface area contributed by atoms with Gasteiger partial charge in [-0.15, -0.1) is 10.2 Å². The molecule has 0 fully saturated rings. The molecule has 0 aliphatic heterocycles. The van der Waals surface area contributed by atoms with Gasteiger partial charge in [-0.05, 0) is 19.1 Å². The molecule has 0 saturated carbocycles. The van der Waals surface area contributed by atoms with Crippen molar-refractivity contribution in [2.75, 3.05) is 12.4 Å². The van der Waals surface area contributed by atoms with Crippen LogP contribution in [0.15, 0.2) is 22.7 Å². The summed E-state index contributed by atoms with van der Waals surface area (Å²) >= 11 is 0. The molecule has 2 aromatic rings. The van der Waals surface area contributed by atoms with Crippen molar-refractivity contribution >= 4 is 11.8 Å². The molecule has 0 atom stereocenters. The maximum atomic E-state index is 11.1. The molecule has 0 amide bonds. The van der Waals surface area contributed by atoms with Crippen LogP contribution in [0.5, 0.6) is 0 Å². The number of ether oxygens (including phenoxy) is 1. The van der Waals surface area contributed by atoms with E-state index in [0.717, 1.165) is 5.69 Å². The summed E-state index contributed by atoms with van der Waals surface area (Å²) in [5.41, 5.74) is 0.984. The lowest BCUT2D eigenvalue weighted by molar-refractivity contribution is 0.0593. The molecule has 0 aliphatic rings. The van der Waals surface area contributed by atoms with Gasteiger partial charge < -0.3 is 14.6 Å². The highest BCUT2D eigenvalue weighted by atomic mass is 16.5. The summed E-state index contributed by atoms with van der Waals surface area (Å²) in [5.74, 6) is 0.725. The number of nitrogens with one attached hydrogen (secondary N) is 1. The zero-order valence-corrected chi connectivity index (χ0v) is 10.0. The fraction of sp³-hybridized carbons (Fsp3) is 0.273. The predicted molar refractivity (Wildman–Crippen MR) is 61.9 cm³/mol. The van der Waals surface area contributed by atoms with Crippen LogP contribution in [0.1, 0.15) is 21.9 Å². The van der Waals surface area contributed by atoms with Crippen molar-refractivity contribution in [2.45, 2.75) is 13.5 Å². The molecule has 0 bridgehead atoms. The zero-order chi connectivity index (χ0) is 13.0. The molecular weight excluding hydrogens is 236 g/mol. The molecule has 0 saturated heterocycles. The van der Waals surface area contributed by atoms with Crippen LogP contribution >= 0.6 is 0 Å². The lowest BCUT2D eigenvalue weighted by atomic mass is 10.3. The summed E-state index contributed by atoms with van der Waals surface area (Å²) in [4.78, 5) is 11.1. The van der Waals surface area contributed by atoms with E-state index < -0.39 is 5.97 Å². The molecule has 0 aliphatic carbocycles. The summed E-state index contributed by atoms with van der Waals surface area (Å²) in [6.07, 6.45) is 0. The highest BCUT2D eigenvalue weighted by Gasteiger charge is 2.07. The molecular formula is C11H12N4O3. The second kappa shape index (κ2) is 5.26. The number of anilines is 1. The van der Waals surface area contributed by atoms with Gasteiger partial charge in [0.1, 0.15) is 5.82 Å². The van der Waals surface area contributed by atoms with E-state index in [0.29, 0.717) is 18.1 Å². The van der Waals surface area contributed by atoms with Gasteiger partial charge in [-0.25, -0.2) is 4.79 Å². The van der Waals surface area contributed by atoms with Gasteiger partial charge in [0.05, 0.1) is 19.3 Å². The summed E-state index contributed by atoms with van der Waals surface area (Å²) in [6.45, 7) is 2.30. The van der Waals surface area contributed by atoms with Crippen LogP contribution in [-0.4, -0.2) is 28.4 Å². The van der Waals surface area contributed by atoms with Crippen LogP contribution in [0.3, 0.4) is 0 Å². The molecule has 1 N–H and O–H groups in total. The second-order valence-corrected chi connectivity index (χ2v) is 3.58. The van der Waals surface area contributed by atoms with Crippen LogP contribution in [0.2, 0.25) is 0 Å². The van der Waals surface area contributed by atoms with Crippen molar-refractivity contribution < 1.29 is 14.1 Å². The molecule has 0 unspecified atom stereocenters. The first-order valence-electron chi connectivity index (χ1n) is 5.27. The third-order valence-electron chi connectivity index (χ3n) is 2.18. The Morgan fingerprint density at radius 1 is 1.44 bits per heavy atom. The molecule has 2 aromatic heterocycles. The van der Waals surface area contributed by atoms with Gasteiger partial charge in [-0.1, -0.05) is 5.16 Å². The minimum Gasteiger partial charge on any atom is -0.464 e. The van der Waals surface area contributed by atoms with E-state index >= 15 is 0 Å². The molecule has 0 aromatic carbocycles. The molecule has 0 radical (unpaired) electrons. The number of hydrogen-bond donors (Lipinski definition) is 1. The van der Waals surface area contributed by atoms with Crippen molar-refractivity contribution in [1.82, 2.24) is 15.4 Å². The van der Waals surface area contributed by atoms with Crippen molar-refractivity contribution in [1.29, 1.82) is 0 Å². The highest BCUT2D eigenvalue weighted by Crippen LogP contribution is 2.07. The zero-order valence-electron chi connectivity index (χ0n) is 10.0. The van der Waals surface area contributed by atoms with E-state index in [-0.39, 0.29) is 5.69 Å². The van der Waals surface area contributed by atoms with Crippen molar-refractivity contribution in [3.05, 3.63) is 35.3 Å². The first-order valence-corrected chi connectivity index (χ1v) is 5.27. The number of esters is 1. The van der Waals surface area contributed by atoms with E-state index in [9.17, 15) is 4.79 Å². The van der Waals surface area contributed by atoms with Gasteiger partial charge >= 0.3 is 5.97 Å². The number of aromatic nitrogens is 3. The van der Waals surface area contributed by atoms with Crippen LogP contribution in [-0.2, 0) is 11.3 Å². The normalized spacial score (nSPS) is 10.1. The molecule has 2 rings (SSSR count). The van der Waals surface area contributed by atoms with E-state index in [1.165, 1.54) is 13.2 Å². The average Bonchev–Trinajstić information content (AvgIpc) is 2.82. The largest absolute Gasteiger partial charge is 0.464 e. The molecule has 7 nitrogen and oxygen atoms in total. The number of rotatable bonds is 4. The molecule has 2 heterocycles. The topological polar surface area (TPSA) is 90.1 Å². The van der Waals surface area contributed by atoms with E-state index in [2.05, 4.69) is 25.4 Å². The first-order chi connectivity index (χ1) is 8.69. The number of carbonyl (C=O) groups is 1. The predicted octanol–water partition coefficient (Wildman–Crippen LogP) is 1.17. The van der Waals surface area contributed by atoms with E-state index in [1.807, 2.05) is 13.0 Å². The van der Waals surface area contributed by atoms with Gasteiger partial charge in [0.2, 0.25) is 0 Å². The Hall–Kier alpha value is -2.44. The maximum Gasteiger partial charge on any atom is 0.358 e. The first kappa shape index (κ1) is 12.0. The van der Waals surface area contributed by atoms with Gasteiger partial charge in [-0.2, -0.15) is 0 Å². The monoisotopic (exact) mass is 248 g/mol. The smallest absolute Gasteiger partial charge is 0.358 e. The second-order valence-electron chi connectivity index (χ2n) is 3.58. The molecule has 0 spiro atoms. The Labute approximate surface area is 103 Å². The summed E-state index contributed by atoms with van der Waals surface area (Å²) < 4.78 is 9.55. The summed E-state index contributed by atoms with van der Waals surface area (Å²) in [5, 5.41) is 14.3. The fourth-order valence-electron chi connectivity index (χ4n) is 1.32. The molecule has 18 heavy (non-hydrogen) atoms. The fourth-order valence-corrected chi connectivity index (χ4v) is 1.32. The van der Waals surface area contributed by atoms with E-state index in [1.54, 1.807) is 6.07 Å². The quantitative estimate of drug-likeness (QED) is 0.812. The average molecular weight is 248 g/mol. The Balaban J connectivity index is 1.96. The lowest BCUT2D eigenvalue weighted by Crippen LogP contribution is -2.07. The van der Waals surface area contributed by atoms with Gasteiger partial charge in [0.15, 0.2) is 11.5 Å². The number of carbonyl (C=O) groups excluding carboxylic acids is 1. The number of hydrogen-bond acceptors (Lipinski definition) is 7. The third kappa shape index (κ3) is 2.82. The number of methoxy groups -OCH3 is 1. The van der Waals surface area contributed by atoms with Gasteiger partial charge in [0.25, 0.3) is 0 Å².